The average molecular weight is 296 g/mol. The van der Waals surface area contributed by atoms with Crippen molar-refractivity contribution >= 4 is 5.71 Å². The molecule has 0 aromatic heterocycles. The van der Waals surface area contributed by atoms with Crippen LogP contribution < -0.4 is 9.47 Å². The van der Waals surface area contributed by atoms with Gasteiger partial charge in [-0.15, -0.1) is 0 Å². The van der Waals surface area contributed by atoms with Crippen LogP contribution in [0.25, 0.3) is 0 Å². The Balaban J connectivity index is 2.21. The zero-order valence-electron chi connectivity index (χ0n) is 12.4. The first-order valence-electron chi connectivity index (χ1n) is 6.67. The van der Waals surface area contributed by atoms with Gasteiger partial charge in [0.1, 0.15) is 6.61 Å². The molecule has 0 heterocycles. The molecule has 0 fully saturated rings. The number of rotatable bonds is 5. The topological polar surface area (TPSA) is 74.8 Å². The summed E-state index contributed by atoms with van der Waals surface area (Å²) < 4.78 is 11.0. The first-order chi connectivity index (χ1) is 10.7. The lowest BCUT2D eigenvalue weighted by Crippen LogP contribution is -2.01. The van der Waals surface area contributed by atoms with Crippen molar-refractivity contribution in [3.8, 4) is 17.6 Å². The fourth-order valence-corrected chi connectivity index (χ4v) is 1.98. The molecule has 0 aliphatic heterocycles. The van der Waals surface area contributed by atoms with Gasteiger partial charge in [-0.1, -0.05) is 23.4 Å². The molecule has 5 heteroatoms. The van der Waals surface area contributed by atoms with Gasteiger partial charge in [0.25, 0.3) is 0 Å². The molecule has 0 aliphatic carbocycles. The van der Waals surface area contributed by atoms with Crippen molar-refractivity contribution in [2.24, 2.45) is 5.16 Å². The summed E-state index contributed by atoms with van der Waals surface area (Å²) in [5.41, 5.74) is 2.62. The number of ether oxygens (including phenoxy) is 2. The van der Waals surface area contributed by atoms with E-state index in [2.05, 4.69) is 11.2 Å². The van der Waals surface area contributed by atoms with E-state index >= 15 is 0 Å². The van der Waals surface area contributed by atoms with Gasteiger partial charge in [-0.05, 0) is 31.2 Å². The standard InChI is InChI=1S/C17H16N2O3/c1-12(19-20)13-7-8-16(17(9-13)21-2)22-11-15-6-4-3-5-14(15)10-18/h3-9,20H,11H2,1-2H3/b19-12+. The molecule has 0 radical (unpaired) electrons. The van der Waals surface area contributed by atoms with Gasteiger partial charge in [0.2, 0.25) is 0 Å². The monoisotopic (exact) mass is 296 g/mol. The van der Waals surface area contributed by atoms with Crippen molar-refractivity contribution in [2.75, 3.05) is 7.11 Å². The molecule has 0 saturated heterocycles. The van der Waals surface area contributed by atoms with Gasteiger partial charge in [0.15, 0.2) is 11.5 Å². The van der Waals surface area contributed by atoms with Crippen molar-refractivity contribution in [1.29, 1.82) is 5.26 Å². The molecule has 0 amide bonds. The molecule has 0 saturated carbocycles. The molecule has 0 spiro atoms. The Morgan fingerprint density at radius 3 is 2.68 bits per heavy atom. The second kappa shape index (κ2) is 7.14. The van der Waals surface area contributed by atoms with E-state index in [-0.39, 0.29) is 6.61 Å². The van der Waals surface area contributed by atoms with Crippen molar-refractivity contribution < 1.29 is 14.7 Å². The van der Waals surface area contributed by atoms with Crippen LogP contribution in [0.3, 0.4) is 0 Å². The fourth-order valence-electron chi connectivity index (χ4n) is 1.98. The lowest BCUT2D eigenvalue weighted by Gasteiger charge is -2.12. The Hall–Kier alpha value is -3.00. The van der Waals surface area contributed by atoms with Crippen molar-refractivity contribution in [3.63, 3.8) is 0 Å². The zero-order chi connectivity index (χ0) is 15.9. The van der Waals surface area contributed by atoms with E-state index in [1.165, 1.54) is 0 Å². The third-order valence-corrected chi connectivity index (χ3v) is 3.25. The number of oxime groups is 1. The number of benzene rings is 2. The zero-order valence-corrected chi connectivity index (χ0v) is 12.4. The molecule has 112 valence electrons. The molecule has 2 rings (SSSR count). The first kappa shape index (κ1) is 15.4. The van der Waals surface area contributed by atoms with Crippen LogP contribution in [0.15, 0.2) is 47.6 Å². The maximum Gasteiger partial charge on any atom is 0.161 e. The Kier molecular flexibility index (Phi) is 4.99. The summed E-state index contributed by atoms with van der Waals surface area (Å²) in [5.74, 6) is 1.10. The van der Waals surface area contributed by atoms with Gasteiger partial charge in [0.05, 0.1) is 24.5 Å². The van der Waals surface area contributed by atoms with E-state index in [9.17, 15) is 0 Å². The number of methoxy groups -OCH3 is 1. The average Bonchev–Trinajstić information content (AvgIpc) is 2.59. The summed E-state index contributed by atoms with van der Waals surface area (Å²) in [6.07, 6.45) is 0. The Bertz CT molecular complexity index is 733. The quantitative estimate of drug-likeness (QED) is 0.521. The minimum absolute atomic E-state index is 0.270. The van der Waals surface area contributed by atoms with Crippen molar-refractivity contribution in [1.82, 2.24) is 0 Å². The lowest BCUT2D eigenvalue weighted by atomic mass is 10.1. The predicted octanol–water partition coefficient (Wildman–Crippen LogP) is 3.34. The normalized spacial score (nSPS) is 10.9. The molecular weight excluding hydrogens is 280 g/mol. The van der Waals surface area contributed by atoms with Crippen LogP contribution in [0.1, 0.15) is 23.6 Å². The molecule has 22 heavy (non-hydrogen) atoms. The van der Waals surface area contributed by atoms with Gasteiger partial charge >= 0.3 is 0 Å². The molecular formula is C17H16N2O3. The molecule has 5 nitrogen and oxygen atoms in total. The molecule has 0 atom stereocenters. The molecule has 1 N–H and O–H groups in total. The summed E-state index contributed by atoms with van der Waals surface area (Å²) in [6, 6.07) is 14.7. The van der Waals surface area contributed by atoms with E-state index in [0.29, 0.717) is 22.8 Å². The van der Waals surface area contributed by atoms with Crippen molar-refractivity contribution in [2.45, 2.75) is 13.5 Å². The molecule has 0 aliphatic rings. The summed E-state index contributed by atoms with van der Waals surface area (Å²) in [5, 5.41) is 21.1. The Morgan fingerprint density at radius 2 is 2.00 bits per heavy atom. The highest BCUT2D eigenvalue weighted by Gasteiger charge is 2.09. The minimum Gasteiger partial charge on any atom is -0.493 e. The summed E-state index contributed by atoms with van der Waals surface area (Å²) >= 11 is 0. The van der Waals surface area contributed by atoms with Crippen molar-refractivity contribution in [3.05, 3.63) is 59.2 Å². The summed E-state index contributed by atoms with van der Waals surface area (Å²) in [6.45, 7) is 1.96. The third kappa shape index (κ3) is 3.36. The van der Waals surface area contributed by atoms with Crippen LogP contribution in [-0.4, -0.2) is 18.0 Å². The maximum absolute atomic E-state index is 9.07. The Labute approximate surface area is 129 Å². The number of nitrogens with zero attached hydrogens (tertiary/aromatic N) is 2. The van der Waals surface area contributed by atoms with Gasteiger partial charge < -0.3 is 14.7 Å². The van der Waals surface area contributed by atoms with Crippen LogP contribution in [0.5, 0.6) is 11.5 Å². The van der Waals surface area contributed by atoms with E-state index < -0.39 is 0 Å². The van der Waals surface area contributed by atoms with Gasteiger partial charge in [-0.3, -0.25) is 0 Å². The third-order valence-electron chi connectivity index (χ3n) is 3.25. The van der Waals surface area contributed by atoms with E-state index in [4.69, 9.17) is 19.9 Å². The Morgan fingerprint density at radius 1 is 1.23 bits per heavy atom. The smallest absolute Gasteiger partial charge is 0.161 e. The highest BCUT2D eigenvalue weighted by molar-refractivity contribution is 5.98. The maximum atomic E-state index is 9.07. The van der Waals surface area contributed by atoms with Crippen LogP contribution in [0, 0.1) is 11.3 Å². The van der Waals surface area contributed by atoms with E-state index in [0.717, 1.165) is 11.1 Å². The highest BCUT2D eigenvalue weighted by atomic mass is 16.5. The summed E-state index contributed by atoms with van der Waals surface area (Å²) in [7, 11) is 1.54. The van der Waals surface area contributed by atoms with E-state index in [1.54, 1.807) is 38.3 Å². The second-order valence-electron chi connectivity index (χ2n) is 4.61. The molecule has 2 aromatic rings. The van der Waals surface area contributed by atoms with Gasteiger partial charge in [-0.25, -0.2) is 0 Å². The minimum atomic E-state index is 0.270. The number of nitriles is 1. The van der Waals surface area contributed by atoms with Gasteiger partial charge in [-0.2, -0.15) is 5.26 Å². The van der Waals surface area contributed by atoms with Crippen LogP contribution in [-0.2, 0) is 6.61 Å². The molecule has 0 bridgehead atoms. The van der Waals surface area contributed by atoms with E-state index in [1.807, 2.05) is 18.2 Å². The number of hydrogen-bond donors (Lipinski definition) is 1. The van der Waals surface area contributed by atoms with Crippen LogP contribution in [0.2, 0.25) is 0 Å². The highest BCUT2D eigenvalue weighted by Crippen LogP contribution is 2.29. The fraction of sp³-hybridized carbons (Fsp3) is 0.176. The van der Waals surface area contributed by atoms with Crippen LogP contribution in [0.4, 0.5) is 0 Å². The SMILES string of the molecule is COc1cc(/C(C)=N/O)ccc1OCc1ccccc1C#N. The lowest BCUT2D eigenvalue weighted by molar-refractivity contribution is 0.284. The molecule has 2 aromatic carbocycles. The number of hydrogen-bond acceptors (Lipinski definition) is 5. The largest absolute Gasteiger partial charge is 0.493 e. The van der Waals surface area contributed by atoms with Crippen LogP contribution >= 0.6 is 0 Å². The van der Waals surface area contributed by atoms with Gasteiger partial charge in [0, 0.05) is 11.1 Å². The molecule has 0 unspecified atom stereocenters. The second-order valence-corrected chi connectivity index (χ2v) is 4.61. The first-order valence-corrected chi connectivity index (χ1v) is 6.67. The predicted molar refractivity (Wildman–Crippen MR) is 82.5 cm³/mol. The summed E-state index contributed by atoms with van der Waals surface area (Å²) in [4.78, 5) is 0.